The van der Waals surface area contributed by atoms with Crippen molar-refractivity contribution in [1.29, 1.82) is 0 Å². The smallest absolute Gasteiger partial charge is 0.241 e. The second-order valence-electron chi connectivity index (χ2n) is 12.2. The lowest BCUT2D eigenvalue weighted by atomic mass is 9.51. The number of likely N-dealkylation sites (tertiary alicyclic amines) is 1. The van der Waals surface area contributed by atoms with Crippen LogP contribution in [0.5, 0.6) is 11.5 Å². The second-order valence-corrected chi connectivity index (χ2v) is 13.7. The molecule has 6 atom stereocenters. The van der Waals surface area contributed by atoms with Crippen LogP contribution in [0, 0.1) is 34.9 Å². The third kappa shape index (κ3) is 4.29. The number of thiophene rings is 1. The number of rotatable bonds is 6. The lowest BCUT2D eigenvalue weighted by molar-refractivity contribution is -0.141. The molecule has 11 heteroatoms. The zero-order valence-electron chi connectivity index (χ0n) is 24.5. The van der Waals surface area contributed by atoms with Gasteiger partial charge in [-0.2, -0.15) is 0 Å². The maximum atomic E-state index is 14.5. The fraction of sp³-hybridized carbons (Fsp3) is 0.353. The number of imide groups is 2. The van der Waals surface area contributed by atoms with Gasteiger partial charge in [0.1, 0.15) is 5.82 Å². The van der Waals surface area contributed by atoms with Gasteiger partial charge in [-0.3, -0.25) is 24.1 Å². The highest BCUT2D eigenvalue weighted by molar-refractivity contribution is 7.09. The van der Waals surface area contributed by atoms with E-state index in [9.17, 15) is 28.7 Å². The Hall–Kier alpha value is -4.02. The second kappa shape index (κ2) is 10.8. The van der Waals surface area contributed by atoms with Crippen LogP contribution in [0.1, 0.15) is 43.0 Å². The summed E-state index contributed by atoms with van der Waals surface area (Å²) in [6, 6.07) is 12.5. The average molecular weight is 649 g/mol. The molecule has 0 spiro atoms. The first-order valence-corrected chi connectivity index (χ1v) is 16.2. The van der Waals surface area contributed by atoms with Crippen molar-refractivity contribution in [3.05, 3.63) is 86.8 Å². The molecule has 2 saturated heterocycles. The molecule has 3 fully saturated rings. The number of aromatic hydroxyl groups is 1. The molecule has 6 unspecified atom stereocenters. The van der Waals surface area contributed by atoms with Gasteiger partial charge in [0.25, 0.3) is 0 Å². The van der Waals surface area contributed by atoms with Crippen molar-refractivity contribution in [3.8, 4) is 11.5 Å². The summed E-state index contributed by atoms with van der Waals surface area (Å²) in [5.41, 5.74) is -0.0897. The topological polar surface area (TPSA) is 104 Å². The average Bonchev–Trinajstić information content (AvgIpc) is 3.67. The first-order valence-electron chi connectivity index (χ1n) is 14.9. The minimum absolute atomic E-state index is 0.141. The summed E-state index contributed by atoms with van der Waals surface area (Å²) in [6.45, 7) is 3.99. The molecule has 0 bridgehead atoms. The van der Waals surface area contributed by atoms with E-state index in [2.05, 4.69) is 0 Å². The van der Waals surface area contributed by atoms with Gasteiger partial charge in [0, 0.05) is 16.4 Å². The first kappa shape index (κ1) is 29.7. The Kier molecular flexibility index (Phi) is 7.13. The number of carbonyl (C=O) groups is 4. The van der Waals surface area contributed by atoms with E-state index < -0.39 is 52.6 Å². The van der Waals surface area contributed by atoms with E-state index in [-0.39, 0.29) is 47.0 Å². The van der Waals surface area contributed by atoms with Crippen LogP contribution in [-0.4, -0.2) is 40.2 Å². The molecule has 1 aromatic heterocycles. The van der Waals surface area contributed by atoms with Gasteiger partial charge < -0.3 is 9.84 Å². The molecule has 1 N–H and O–H groups in total. The summed E-state index contributed by atoms with van der Waals surface area (Å²) >= 11 is 7.54. The molecule has 45 heavy (non-hydrogen) atoms. The van der Waals surface area contributed by atoms with Gasteiger partial charge in [-0.05, 0) is 68.3 Å². The van der Waals surface area contributed by atoms with Crippen molar-refractivity contribution in [2.75, 3.05) is 11.5 Å². The third-order valence-corrected chi connectivity index (χ3v) is 11.2. The Labute approximate surface area is 268 Å². The molecule has 2 aliphatic heterocycles. The number of phenolic OH excluding ortho intramolecular Hbond substituents is 1. The van der Waals surface area contributed by atoms with Crippen LogP contribution in [0.2, 0.25) is 5.02 Å². The fourth-order valence-electron chi connectivity index (χ4n) is 8.05. The highest BCUT2D eigenvalue weighted by Gasteiger charge is 2.68. The molecule has 0 radical (unpaired) electrons. The predicted molar refractivity (Wildman–Crippen MR) is 165 cm³/mol. The standard InChI is InChI=1S/C34H30ClFN2O6S/c1-3-44-26-8-4-7-21(29(26)39)28-19-10-11-20-27(32(42)37(30(20)40)16-18-6-5-13-45-18)22(19)15-23-31(41)38(33(43)34(23,28)2)17-9-12-25(36)24(35)14-17/h4-10,12-14,20,22-23,27-28,39H,3,11,15-16H2,1-2H3. The summed E-state index contributed by atoms with van der Waals surface area (Å²) in [5.74, 6) is -5.66. The van der Waals surface area contributed by atoms with Crippen LogP contribution in [0.25, 0.3) is 0 Å². The van der Waals surface area contributed by atoms with Gasteiger partial charge in [-0.15, -0.1) is 11.3 Å². The highest BCUT2D eigenvalue weighted by atomic mass is 35.5. The number of fused-ring (bicyclic) bond motifs is 4. The van der Waals surface area contributed by atoms with E-state index in [1.165, 1.54) is 28.4 Å². The quantitative estimate of drug-likeness (QED) is 0.257. The lowest BCUT2D eigenvalue weighted by Crippen LogP contribution is -2.48. The Morgan fingerprint density at radius 2 is 1.87 bits per heavy atom. The number of para-hydroxylation sites is 1. The van der Waals surface area contributed by atoms with Crippen LogP contribution in [-0.2, 0) is 25.7 Å². The van der Waals surface area contributed by atoms with Gasteiger partial charge in [-0.25, -0.2) is 9.29 Å². The monoisotopic (exact) mass is 648 g/mol. The number of hydrogen-bond acceptors (Lipinski definition) is 7. The van der Waals surface area contributed by atoms with E-state index in [0.29, 0.717) is 18.6 Å². The molecule has 3 aromatic rings. The molecule has 4 aliphatic rings. The molecule has 2 aromatic carbocycles. The van der Waals surface area contributed by atoms with Crippen molar-refractivity contribution in [1.82, 2.24) is 4.90 Å². The highest BCUT2D eigenvalue weighted by Crippen LogP contribution is 2.65. The van der Waals surface area contributed by atoms with Gasteiger partial charge in [0.05, 0.1) is 47.0 Å². The van der Waals surface area contributed by atoms with Crippen molar-refractivity contribution in [2.24, 2.45) is 29.1 Å². The zero-order valence-corrected chi connectivity index (χ0v) is 26.1. The molecule has 7 rings (SSSR count). The summed E-state index contributed by atoms with van der Waals surface area (Å²) in [7, 11) is 0. The van der Waals surface area contributed by atoms with Gasteiger partial charge in [0.15, 0.2) is 11.5 Å². The van der Waals surface area contributed by atoms with Crippen molar-refractivity contribution < 1.29 is 33.4 Å². The molecular weight excluding hydrogens is 619 g/mol. The Balaban J connectivity index is 1.37. The molecule has 232 valence electrons. The van der Waals surface area contributed by atoms with E-state index >= 15 is 0 Å². The summed E-state index contributed by atoms with van der Waals surface area (Å²) in [5, 5.41) is 13.2. The first-order chi connectivity index (χ1) is 21.6. The van der Waals surface area contributed by atoms with Gasteiger partial charge in [0.2, 0.25) is 23.6 Å². The van der Waals surface area contributed by atoms with E-state index in [0.717, 1.165) is 21.4 Å². The molecule has 3 heterocycles. The van der Waals surface area contributed by atoms with E-state index in [1.54, 1.807) is 32.0 Å². The number of benzene rings is 2. The Bertz CT molecular complexity index is 1790. The number of amides is 4. The van der Waals surface area contributed by atoms with Crippen LogP contribution in [0.3, 0.4) is 0 Å². The lowest BCUT2D eigenvalue weighted by Gasteiger charge is -2.49. The Morgan fingerprint density at radius 3 is 2.58 bits per heavy atom. The number of ether oxygens (including phenoxy) is 1. The van der Waals surface area contributed by atoms with Crippen LogP contribution in [0.15, 0.2) is 65.6 Å². The maximum absolute atomic E-state index is 14.5. The van der Waals surface area contributed by atoms with Crippen LogP contribution in [0.4, 0.5) is 10.1 Å². The third-order valence-electron chi connectivity index (χ3n) is 10.1. The zero-order chi connectivity index (χ0) is 31.8. The van der Waals surface area contributed by atoms with Crippen molar-refractivity contribution in [2.45, 2.75) is 39.2 Å². The normalized spacial score (nSPS) is 29.1. The largest absolute Gasteiger partial charge is 0.504 e. The van der Waals surface area contributed by atoms with Gasteiger partial charge in [-0.1, -0.05) is 41.4 Å². The number of allylic oxidation sites excluding steroid dienone is 2. The number of hydrogen-bond donors (Lipinski definition) is 1. The maximum Gasteiger partial charge on any atom is 0.241 e. The number of carbonyl (C=O) groups excluding carboxylic acids is 4. The molecule has 1 saturated carbocycles. The predicted octanol–water partition coefficient (Wildman–Crippen LogP) is 6.08. The fourth-order valence-corrected chi connectivity index (χ4v) is 8.92. The number of halogens is 2. The number of phenols is 1. The van der Waals surface area contributed by atoms with Crippen molar-refractivity contribution in [3.63, 3.8) is 0 Å². The SMILES string of the molecule is CCOc1cccc(C2C3=CCC4C(=O)N(Cc5cccs5)C(=O)C4C3CC3C(=O)N(c4ccc(F)c(Cl)c4)C(=O)C32C)c1O. The van der Waals surface area contributed by atoms with Crippen LogP contribution < -0.4 is 9.64 Å². The summed E-state index contributed by atoms with van der Waals surface area (Å²) < 4.78 is 19.8. The number of nitrogens with zero attached hydrogens (tertiary/aromatic N) is 2. The molecule has 8 nitrogen and oxygen atoms in total. The van der Waals surface area contributed by atoms with Crippen LogP contribution >= 0.6 is 22.9 Å². The molecule has 4 amide bonds. The van der Waals surface area contributed by atoms with E-state index in [4.69, 9.17) is 16.3 Å². The molecule has 2 aliphatic carbocycles. The summed E-state index contributed by atoms with van der Waals surface area (Å²) in [6.07, 6.45) is 2.39. The summed E-state index contributed by atoms with van der Waals surface area (Å²) in [4.78, 5) is 59.7. The Morgan fingerprint density at radius 1 is 1.07 bits per heavy atom. The van der Waals surface area contributed by atoms with E-state index in [1.807, 2.05) is 23.6 Å². The van der Waals surface area contributed by atoms with Gasteiger partial charge >= 0.3 is 0 Å². The minimum atomic E-state index is -1.38. The minimum Gasteiger partial charge on any atom is -0.504 e. The van der Waals surface area contributed by atoms with Crippen molar-refractivity contribution >= 4 is 52.3 Å². The molecular formula is C34H30ClFN2O6S. The number of anilines is 1.